The van der Waals surface area contributed by atoms with E-state index >= 15 is 0 Å². The lowest BCUT2D eigenvalue weighted by atomic mass is 9.92. The Hall–Kier alpha value is -0.830. The van der Waals surface area contributed by atoms with E-state index < -0.39 is 0 Å². The van der Waals surface area contributed by atoms with Gasteiger partial charge >= 0.3 is 5.97 Å². The third-order valence-corrected chi connectivity index (χ3v) is 3.54. The van der Waals surface area contributed by atoms with Crippen LogP contribution in [0.15, 0.2) is 11.6 Å². The minimum atomic E-state index is -0.0452. The lowest BCUT2D eigenvalue weighted by Gasteiger charge is -2.18. The number of carbonyl (C=O) groups excluding carboxylic acids is 1. The molecule has 0 aromatic heterocycles. The van der Waals surface area contributed by atoms with Crippen molar-refractivity contribution in [2.24, 2.45) is 11.8 Å². The molecule has 84 valence electrons. The van der Waals surface area contributed by atoms with E-state index in [2.05, 4.69) is 13.0 Å². The minimum absolute atomic E-state index is 0.0452. The molecule has 0 unspecified atom stereocenters. The van der Waals surface area contributed by atoms with E-state index in [4.69, 9.17) is 9.84 Å². The fourth-order valence-corrected chi connectivity index (χ4v) is 2.62. The van der Waals surface area contributed by atoms with Crippen LogP contribution in [0.2, 0.25) is 0 Å². The fraction of sp³-hybridized carbons (Fsp3) is 0.750. The van der Waals surface area contributed by atoms with E-state index in [1.54, 1.807) is 0 Å². The van der Waals surface area contributed by atoms with Crippen molar-refractivity contribution in [1.29, 1.82) is 0 Å². The van der Waals surface area contributed by atoms with Gasteiger partial charge in [0.05, 0.1) is 6.42 Å². The number of allylic oxidation sites excluding steroid dienone is 1. The van der Waals surface area contributed by atoms with Gasteiger partial charge in [0.15, 0.2) is 0 Å². The number of carbonyl (C=O) groups is 1. The lowest BCUT2D eigenvalue weighted by Crippen LogP contribution is -2.17. The first-order chi connectivity index (χ1) is 7.20. The highest BCUT2D eigenvalue weighted by Crippen LogP contribution is 2.36. The summed E-state index contributed by atoms with van der Waals surface area (Å²) in [5.74, 6) is 0.755. The van der Waals surface area contributed by atoms with E-state index in [0.29, 0.717) is 18.3 Å². The number of aliphatic hydroxyl groups is 1. The second-order valence-electron chi connectivity index (χ2n) is 4.62. The van der Waals surface area contributed by atoms with Crippen LogP contribution in [-0.2, 0) is 9.53 Å². The number of hydrogen-bond donors (Lipinski definition) is 1. The van der Waals surface area contributed by atoms with E-state index in [0.717, 1.165) is 19.3 Å². The van der Waals surface area contributed by atoms with Crippen molar-refractivity contribution in [3.05, 3.63) is 11.6 Å². The number of ether oxygens (including phenoxy) is 1. The molecule has 1 saturated heterocycles. The van der Waals surface area contributed by atoms with Gasteiger partial charge in [-0.25, -0.2) is 0 Å². The summed E-state index contributed by atoms with van der Waals surface area (Å²) in [5.41, 5.74) is 1.32. The van der Waals surface area contributed by atoms with Crippen LogP contribution in [0.25, 0.3) is 0 Å². The molecule has 0 radical (unpaired) electrons. The molecule has 3 nitrogen and oxygen atoms in total. The van der Waals surface area contributed by atoms with Crippen molar-refractivity contribution in [3.63, 3.8) is 0 Å². The predicted molar refractivity (Wildman–Crippen MR) is 56.2 cm³/mol. The van der Waals surface area contributed by atoms with Crippen LogP contribution >= 0.6 is 0 Å². The summed E-state index contributed by atoms with van der Waals surface area (Å²) in [5, 5.41) is 8.95. The lowest BCUT2D eigenvalue weighted by molar-refractivity contribution is -0.141. The average Bonchev–Trinajstić information content (AvgIpc) is 2.46. The smallest absolute Gasteiger partial charge is 0.306 e. The number of fused-ring (bicyclic) bond motifs is 1. The Morgan fingerprint density at radius 2 is 2.40 bits per heavy atom. The molecule has 0 amide bonds. The molecule has 3 atom stereocenters. The van der Waals surface area contributed by atoms with Gasteiger partial charge in [-0.2, -0.15) is 0 Å². The molecule has 15 heavy (non-hydrogen) atoms. The fourth-order valence-electron chi connectivity index (χ4n) is 2.62. The molecular weight excluding hydrogens is 192 g/mol. The standard InChI is InChI=1S/C12H18O3/c1-8-6-11-10(7-12(14)15-11)3-2-9(8)4-5-13/h2,8,10-11,13H,3-7H2,1H3/t8-,10+,11+/m0/s1. The summed E-state index contributed by atoms with van der Waals surface area (Å²) < 4.78 is 5.31. The Labute approximate surface area is 90.1 Å². The van der Waals surface area contributed by atoms with E-state index in [1.165, 1.54) is 5.57 Å². The third kappa shape index (κ3) is 2.23. The van der Waals surface area contributed by atoms with E-state index in [1.807, 2.05) is 0 Å². The Bertz CT molecular complexity index is 283. The Morgan fingerprint density at radius 3 is 3.13 bits per heavy atom. The second-order valence-corrected chi connectivity index (χ2v) is 4.62. The van der Waals surface area contributed by atoms with Gasteiger partial charge in [0, 0.05) is 12.5 Å². The van der Waals surface area contributed by atoms with Gasteiger partial charge in [-0.05, 0) is 25.2 Å². The van der Waals surface area contributed by atoms with Gasteiger partial charge in [0.1, 0.15) is 6.10 Å². The first-order valence-corrected chi connectivity index (χ1v) is 5.70. The number of esters is 1. The van der Waals surface area contributed by atoms with Crippen molar-refractivity contribution in [1.82, 2.24) is 0 Å². The predicted octanol–water partition coefficient (Wildman–Crippen LogP) is 1.66. The summed E-state index contributed by atoms with van der Waals surface area (Å²) >= 11 is 0. The van der Waals surface area contributed by atoms with Crippen molar-refractivity contribution < 1.29 is 14.6 Å². The zero-order chi connectivity index (χ0) is 10.8. The largest absolute Gasteiger partial charge is 0.462 e. The zero-order valence-electron chi connectivity index (χ0n) is 9.11. The van der Waals surface area contributed by atoms with Crippen LogP contribution in [0.1, 0.15) is 32.6 Å². The molecule has 0 bridgehead atoms. The van der Waals surface area contributed by atoms with Crippen molar-refractivity contribution >= 4 is 5.97 Å². The maximum atomic E-state index is 11.2. The van der Waals surface area contributed by atoms with E-state index in [-0.39, 0.29) is 18.7 Å². The average molecular weight is 210 g/mol. The molecule has 1 N–H and O–H groups in total. The van der Waals surface area contributed by atoms with Crippen molar-refractivity contribution in [3.8, 4) is 0 Å². The van der Waals surface area contributed by atoms with Gasteiger partial charge in [0.25, 0.3) is 0 Å². The topological polar surface area (TPSA) is 46.5 Å². The van der Waals surface area contributed by atoms with Gasteiger partial charge in [-0.15, -0.1) is 0 Å². The molecule has 2 aliphatic rings. The van der Waals surface area contributed by atoms with E-state index in [9.17, 15) is 4.79 Å². The third-order valence-electron chi connectivity index (χ3n) is 3.54. The normalized spacial score (nSPS) is 35.5. The van der Waals surface area contributed by atoms with Crippen LogP contribution in [0.4, 0.5) is 0 Å². The van der Waals surface area contributed by atoms with Gasteiger partial charge in [0.2, 0.25) is 0 Å². The molecule has 1 heterocycles. The summed E-state index contributed by atoms with van der Waals surface area (Å²) in [6, 6.07) is 0. The molecule has 1 aliphatic carbocycles. The van der Waals surface area contributed by atoms with Gasteiger partial charge in [-0.1, -0.05) is 18.6 Å². The Balaban J connectivity index is 2.07. The molecule has 1 aliphatic heterocycles. The number of aliphatic hydroxyl groups excluding tert-OH is 1. The molecule has 0 aromatic rings. The van der Waals surface area contributed by atoms with Crippen LogP contribution < -0.4 is 0 Å². The summed E-state index contributed by atoms with van der Waals surface area (Å²) in [6.45, 7) is 2.36. The van der Waals surface area contributed by atoms with Crippen molar-refractivity contribution in [2.45, 2.75) is 38.7 Å². The molecule has 2 rings (SSSR count). The Morgan fingerprint density at radius 1 is 1.60 bits per heavy atom. The minimum Gasteiger partial charge on any atom is -0.462 e. The quantitative estimate of drug-likeness (QED) is 0.557. The maximum Gasteiger partial charge on any atom is 0.306 e. The molecule has 0 aromatic carbocycles. The van der Waals surface area contributed by atoms with Gasteiger partial charge in [-0.3, -0.25) is 4.79 Å². The van der Waals surface area contributed by atoms with Crippen LogP contribution in [0.3, 0.4) is 0 Å². The Kier molecular flexibility index (Phi) is 3.10. The number of rotatable bonds is 2. The molecule has 0 spiro atoms. The molecule has 3 heteroatoms. The zero-order valence-corrected chi connectivity index (χ0v) is 9.11. The summed E-state index contributed by atoms with van der Waals surface area (Å²) in [7, 11) is 0. The highest BCUT2D eigenvalue weighted by Gasteiger charge is 2.36. The van der Waals surface area contributed by atoms with Crippen LogP contribution in [0.5, 0.6) is 0 Å². The second kappa shape index (κ2) is 4.35. The summed E-state index contributed by atoms with van der Waals surface area (Å²) in [6.07, 6.45) is 5.49. The van der Waals surface area contributed by atoms with Crippen LogP contribution in [-0.4, -0.2) is 23.8 Å². The van der Waals surface area contributed by atoms with Crippen LogP contribution in [0, 0.1) is 11.8 Å². The van der Waals surface area contributed by atoms with Crippen molar-refractivity contribution in [2.75, 3.05) is 6.61 Å². The first kappa shape index (κ1) is 10.7. The maximum absolute atomic E-state index is 11.2. The van der Waals surface area contributed by atoms with Gasteiger partial charge < -0.3 is 9.84 Å². The highest BCUT2D eigenvalue weighted by molar-refractivity contribution is 5.72. The molecule has 0 saturated carbocycles. The monoisotopic (exact) mass is 210 g/mol. The molecule has 1 fully saturated rings. The molecular formula is C12H18O3. The highest BCUT2D eigenvalue weighted by atomic mass is 16.5. The first-order valence-electron chi connectivity index (χ1n) is 5.70. The SMILES string of the molecule is C[C@H]1C[C@H]2OC(=O)C[C@H]2CC=C1CCO. The number of hydrogen-bond acceptors (Lipinski definition) is 3. The summed E-state index contributed by atoms with van der Waals surface area (Å²) in [4.78, 5) is 11.2.